The summed E-state index contributed by atoms with van der Waals surface area (Å²) in [5.41, 5.74) is 2.76. The summed E-state index contributed by atoms with van der Waals surface area (Å²) < 4.78 is 1.71. The minimum atomic E-state index is -0.262. The predicted octanol–water partition coefficient (Wildman–Crippen LogP) is 3.99. The van der Waals surface area contributed by atoms with Gasteiger partial charge in [0.25, 0.3) is 5.91 Å². The second-order valence-electron chi connectivity index (χ2n) is 9.10. The molecule has 1 amide bonds. The molecule has 0 unspecified atom stereocenters. The summed E-state index contributed by atoms with van der Waals surface area (Å²) in [6, 6.07) is 3.85. The Morgan fingerprint density at radius 3 is 2.23 bits per heavy atom. The van der Waals surface area contributed by atoms with E-state index in [2.05, 4.69) is 25.9 Å². The number of rotatable bonds is 3. The molecule has 0 aliphatic heterocycles. The Balaban J connectivity index is 2.47. The van der Waals surface area contributed by atoms with E-state index in [4.69, 9.17) is 0 Å². The summed E-state index contributed by atoms with van der Waals surface area (Å²) in [7, 11) is 3.59. The van der Waals surface area contributed by atoms with E-state index in [1.54, 1.807) is 22.8 Å². The van der Waals surface area contributed by atoms with Gasteiger partial charge in [-0.2, -0.15) is 5.10 Å². The lowest BCUT2D eigenvalue weighted by Gasteiger charge is -2.28. The summed E-state index contributed by atoms with van der Waals surface area (Å²) in [5.74, 6) is -0.114. The van der Waals surface area contributed by atoms with Crippen LogP contribution >= 0.6 is 0 Å². The first kappa shape index (κ1) is 20.0. The van der Waals surface area contributed by atoms with Gasteiger partial charge in [-0.3, -0.25) is 9.48 Å². The van der Waals surface area contributed by atoms with Gasteiger partial charge >= 0.3 is 0 Å². The van der Waals surface area contributed by atoms with Gasteiger partial charge in [-0.25, -0.2) is 0 Å². The zero-order chi connectivity index (χ0) is 19.9. The fourth-order valence-electron chi connectivity index (χ4n) is 2.91. The molecule has 2 aromatic rings. The number of nitrogens with zero attached hydrogens (tertiary/aromatic N) is 3. The fourth-order valence-corrected chi connectivity index (χ4v) is 2.91. The second kappa shape index (κ2) is 6.78. The molecule has 0 radical (unpaired) electrons. The fraction of sp³-hybridized carbons (Fsp3) is 0.524. The number of hydrogen-bond donors (Lipinski definition) is 1. The summed E-state index contributed by atoms with van der Waals surface area (Å²) in [6.07, 6.45) is 3.63. The number of aryl methyl sites for hydroxylation is 1. The summed E-state index contributed by atoms with van der Waals surface area (Å²) >= 11 is 0. The molecule has 5 heteroatoms. The van der Waals surface area contributed by atoms with E-state index in [-0.39, 0.29) is 22.5 Å². The Hall–Kier alpha value is -2.30. The Morgan fingerprint density at radius 2 is 1.77 bits per heavy atom. The number of phenols is 1. The maximum atomic E-state index is 13.1. The molecular weight excluding hydrogens is 326 g/mol. The first-order chi connectivity index (χ1) is 11.8. The quantitative estimate of drug-likeness (QED) is 0.903. The van der Waals surface area contributed by atoms with Crippen molar-refractivity contribution in [2.24, 2.45) is 7.05 Å². The zero-order valence-electron chi connectivity index (χ0n) is 17.2. The molecule has 0 aliphatic rings. The van der Waals surface area contributed by atoms with Crippen LogP contribution < -0.4 is 0 Å². The number of carbonyl (C=O) groups is 1. The smallest absolute Gasteiger partial charge is 0.257 e. The SMILES string of the molecule is CN(Cc1cnn(C)c1)C(=O)c1cc(C(C)(C)C)cc(C(C)(C)C)c1O. The van der Waals surface area contributed by atoms with Crippen LogP contribution in [0.25, 0.3) is 0 Å². The van der Waals surface area contributed by atoms with Crippen LogP contribution in [-0.2, 0) is 24.4 Å². The highest BCUT2D eigenvalue weighted by molar-refractivity contribution is 5.97. The molecule has 0 bridgehead atoms. The molecule has 26 heavy (non-hydrogen) atoms. The van der Waals surface area contributed by atoms with Crippen molar-refractivity contribution in [2.45, 2.75) is 58.9 Å². The number of carbonyl (C=O) groups excluding carboxylic acids is 1. The molecule has 1 N–H and O–H groups in total. The predicted molar refractivity (Wildman–Crippen MR) is 105 cm³/mol. The molecule has 1 heterocycles. The average Bonchev–Trinajstić information content (AvgIpc) is 2.89. The third-order valence-corrected chi connectivity index (χ3v) is 4.54. The molecule has 1 aromatic carbocycles. The van der Waals surface area contributed by atoms with Gasteiger partial charge in [0.05, 0.1) is 11.8 Å². The Bertz CT molecular complexity index is 808. The lowest BCUT2D eigenvalue weighted by Crippen LogP contribution is -2.27. The van der Waals surface area contributed by atoms with Gasteiger partial charge in [0.1, 0.15) is 5.75 Å². The number of amides is 1. The lowest BCUT2D eigenvalue weighted by molar-refractivity contribution is 0.0781. The maximum Gasteiger partial charge on any atom is 0.257 e. The molecule has 0 atom stereocenters. The Kier molecular flexibility index (Phi) is 5.22. The maximum absolute atomic E-state index is 13.1. The van der Waals surface area contributed by atoms with Crippen LogP contribution in [0.15, 0.2) is 24.5 Å². The van der Waals surface area contributed by atoms with Crippen molar-refractivity contribution in [3.8, 4) is 5.75 Å². The highest BCUT2D eigenvalue weighted by atomic mass is 16.3. The lowest BCUT2D eigenvalue weighted by atomic mass is 9.78. The Labute approximate surface area is 156 Å². The van der Waals surface area contributed by atoms with Crippen molar-refractivity contribution in [1.82, 2.24) is 14.7 Å². The molecule has 0 spiro atoms. The van der Waals surface area contributed by atoms with Crippen molar-refractivity contribution in [3.63, 3.8) is 0 Å². The zero-order valence-corrected chi connectivity index (χ0v) is 17.2. The summed E-state index contributed by atoms with van der Waals surface area (Å²) in [5, 5.41) is 15.0. The van der Waals surface area contributed by atoms with E-state index in [1.807, 2.05) is 46.1 Å². The third kappa shape index (κ3) is 4.26. The number of hydrogen-bond acceptors (Lipinski definition) is 3. The van der Waals surface area contributed by atoms with Gasteiger partial charge in [0, 0.05) is 38.0 Å². The van der Waals surface area contributed by atoms with Crippen LogP contribution in [0.3, 0.4) is 0 Å². The topological polar surface area (TPSA) is 58.4 Å². The van der Waals surface area contributed by atoms with E-state index < -0.39 is 0 Å². The van der Waals surface area contributed by atoms with Crippen molar-refractivity contribution in [2.75, 3.05) is 7.05 Å². The highest BCUT2D eigenvalue weighted by Crippen LogP contribution is 2.38. The molecule has 142 valence electrons. The molecule has 0 aliphatic carbocycles. The average molecular weight is 357 g/mol. The molecule has 0 saturated carbocycles. The number of phenolic OH excluding ortho intramolecular Hbond substituents is 1. The van der Waals surface area contributed by atoms with Crippen molar-refractivity contribution < 1.29 is 9.90 Å². The van der Waals surface area contributed by atoms with E-state index in [9.17, 15) is 9.90 Å². The van der Waals surface area contributed by atoms with Crippen molar-refractivity contribution in [1.29, 1.82) is 0 Å². The van der Waals surface area contributed by atoms with Gasteiger partial charge in [0.2, 0.25) is 0 Å². The number of benzene rings is 1. The largest absolute Gasteiger partial charge is 0.507 e. The summed E-state index contributed by atoms with van der Waals surface area (Å²) in [4.78, 5) is 14.7. The van der Waals surface area contributed by atoms with Crippen LogP contribution in [0.1, 0.15) is 68.6 Å². The van der Waals surface area contributed by atoms with Crippen LogP contribution in [0.5, 0.6) is 5.75 Å². The van der Waals surface area contributed by atoms with Gasteiger partial charge < -0.3 is 10.0 Å². The molecule has 2 rings (SSSR count). The molecule has 1 aromatic heterocycles. The number of aromatic nitrogens is 2. The monoisotopic (exact) mass is 357 g/mol. The van der Waals surface area contributed by atoms with Gasteiger partial charge in [0.15, 0.2) is 0 Å². The van der Waals surface area contributed by atoms with Gasteiger partial charge in [-0.15, -0.1) is 0 Å². The van der Waals surface area contributed by atoms with Crippen LogP contribution in [0, 0.1) is 0 Å². The van der Waals surface area contributed by atoms with Crippen LogP contribution in [0.4, 0.5) is 0 Å². The highest BCUT2D eigenvalue weighted by Gasteiger charge is 2.28. The first-order valence-corrected chi connectivity index (χ1v) is 8.91. The minimum absolute atomic E-state index is 0.0773. The van der Waals surface area contributed by atoms with E-state index >= 15 is 0 Å². The van der Waals surface area contributed by atoms with Crippen molar-refractivity contribution >= 4 is 5.91 Å². The Morgan fingerprint density at radius 1 is 1.15 bits per heavy atom. The van der Waals surface area contributed by atoms with Gasteiger partial charge in [-0.1, -0.05) is 47.6 Å². The molecule has 5 nitrogen and oxygen atoms in total. The molecule has 0 saturated heterocycles. The van der Waals surface area contributed by atoms with Gasteiger partial charge in [-0.05, 0) is 22.5 Å². The molecular formula is C21H31N3O2. The number of aromatic hydroxyl groups is 1. The minimum Gasteiger partial charge on any atom is -0.507 e. The first-order valence-electron chi connectivity index (χ1n) is 8.91. The standard InChI is InChI=1S/C21H31N3O2/c1-20(2,3)15-9-16(18(25)17(10-15)21(4,5)6)19(26)23(7)12-14-11-22-24(8)13-14/h9-11,13,25H,12H2,1-8H3. The second-order valence-corrected chi connectivity index (χ2v) is 9.10. The van der Waals surface area contributed by atoms with Crippen molar-refractivity contribution in [3.05, 3.63) is 46.8 Å². The third-order valence-electron chi connectivity index (χ3n) is 4.54. The van der Waals surface area contributed by atoms with E-state index in [0.29, 0.717) is 12.1 Å². The molecule has 0 fully saturated rings. The normalized spacial score (nSPS) is 12.3. The van der Waals surface area contributed by atoms with Crippen LogP contribution in [-0.4, -0.2) is 32.7 Å². The van der Waals surface area contributed by atoms with E-state index in [0.717, 1.165) is 16.7 Å². The van der Waals surface area contributed by atoms with Crippen LogP contribution in [0.2, 0.25) is 0 Å². The summed E-state index contributed by atoms with van der Waals surface area (Å²) in [6.45, 7) is 12.9. The van der Waals surface area contributed by atoms with E-state index in [1.165, 1.54) is 0 Å².